The highest BCUT2D eigenvalue weighted by Gasteiger charge is 2.19. The summed E-state index contributed by atoms with van der Waals surface area (Å²) in [6.45, 7) is 2.26. The Hall–Kier alpha value is -3.39. The number of amides is 1. The van der Waals surface area contributed by atoms with Crippen molar-refractivity contribution in [1.82, 2.24) is 4.98 Å². The number of halogens is 1. The number of benzene rings is 2. The number of nitrogens with zero attached hydrogens (tertiary/aromatic N) is 2. The summed E-state index contributed by atoms with van der Waals surface area (Å²) in [4.78, 5) is 18.5. The molecule has 30 heavy (non-hydrogen) atoms. The molecule has 5 heteroatoms. The average Bonchev–Trinajstić information content (AvgIpc) is 2.78. The molecule has 1 aromatic heterocycles. The van der Waals surface area contributed by atoms with Crippen LogP contribution in [-0.4, -0.2) is 24.5 Å². The molecule has 1 heterocycles. The molecule has 1 amide bonds. The number of anilines is 1. The van der Waals surface area contributed by atoms with Gasteiger partial charge in [0.15, 0.2) is 11.6 Å². The van der Waals surface area contributed by atoms with Crippen LogP contribution < -0.4 is 9.64 Å². The van der Waals surface area contributed by atoms with E-state index < -0.39 is 5.82 Å². The fourth-order valence-electron chi connectivity index (χ4n) is 3.10. The highest BCUT2D eigenvalue weighted by molar-refractivity contribution is 6.07. The third kappa shape index (κ3) is 5.15. The third-order valence-electron chi connectivity index (χ3n) is 4.79. The molecule has 0 aliphatic rings. The number of carbonyl (C=O) groups is 1. The maximum atomic E-state index is 15.0. The highest BCUT2D eigenvalue weighted by atomic mass is 19.1. The molecule has 0 spiro atoms. The fraction of sp³-hybridized carbons (Fsp3) is 0.280. The van der Waals surface area contributed by atoms with Crippen molar-refractivity contribution in [2.45, 2.75) is 32.6 Å². The Morgan fingerprint density at radius 3 is 2.83 bits per heavy atom. The van der Waals surface area contributed by atoms with Crippen LogP contribution >= 0.6 is 0 Å². The number of aromatic nitrogens is 1. The summed E-state index contributed by atoms with van der Waals surface area (Å²) in [7, 11) is 1.55. The Bertz CT molecular complexity index is 1090. The molecule has 3 rings (SSSR count). The number of carbonyl (C=O) groups excluding carboxylic acids is 1. The number of unbranched alkanes of at least 4 members (excludes halogenated alkanes) is 3. The van der Waals surface area contributed by atoms with Gasteiger partial charge >= 0.3 is 0 Å². The van der Waals surface area contributed by atoms with E-state index in [0.717, 1.165) is 36.6 Å². The molecule has 2 aromatic carbocycles. The van der Waals surface area contributed by atoms with E-state index in [1.165, 1.54) is 11.0 Å². The molecule has 0 unspecified atom stereocenters. The molecule has 0 N–H and O–H groups in total. The first-order valence-electron chi connectivity index (χ1n) is 10.1. The summed E-state index contributed by atoms with van der Waals surface area (Å²) in [6.07, 6.45) is 5.88. The number of ether oxygens (including phenoxy) is 1. The summed E-state index contributed by atoms with van der Waals surface area (Å²) in [5, 5.41) is 0.854. The lowest BCUT2D eigenvalue weighted by Gasteiger charge is -2.19. The third-order valence-corrected chi connectivity index (χ3v) is 4.79. The lowest BCUT2D eigenvalue weighted by atomic mass is 10.1. The van der Waals surface area contributed by atoms with Crippen molar-refractivity contribution in [3.05, 3.63) is 66.1 Å². The standard InChI is InChI=1S/C25H25FN2O2/c1-3-4-5-6-7-8-17-30-23-13-9-12-22(24(23)26)28(2)25(29)20-14-15-21-19(18-20)11-10-16-27-21/h9-16,18H,3-6,17H2,1-2H3. The predicted octanol–water partition coefficient (Wildman–Crippen LogP) is 5.61. The second-order valence-corrected chi connectivity index (χ2v) is 6.96. The Morgan fingerprint density at radius 1 is 1.13 bits per heavy atom. The van der Waals surface area contributed by atoms with E-state index in [2.05, 4.69) is 23.7 Å². The number of hydrogen-bond acceptors (Lipinski definition) is 3. The van der Waals surface area contributed by atoms with Crippen molar-refractivity contribution < 1.29 is 13.9 Å². The molecule has 0 atom stereocenters. The van der Waals surface area contributed by atoms with Crippen LogP contribution in [-0.2, 0) is 0 Å². The quantitative estimate of drug-likeness (QED) is 0.379. The predicted molar refractivity (Wildman–Crippen MR) is 118 cm³/mol. The smallest absolute Gasteiger partial charge is 0.258 e. The van der Waals surface area contributed by atoms with Crippen LogP contribution in [0.1, 0.15) is 43.0 Å². The second-order valence-electron chi connectivity index (χ2n) is 6.96. The molecule has 3 aromatic rings. The van der Waals surface area contributed by atoms with Gasteiger partial charge in [0.2, 0.25) is 0 Å². The van der Waals surface area contributed by atoms with E-state index in [4.69, 9.17) is 4.74 Å². The number of fused-ring (bicyclic) bond motifs is 1. The molecule has 0 saturated carbocycles. The van der Waals surface area contributed by atoms with Crippen LogP contribution in [0.5, 0.6) is 5.75 Å². The number of hydrogen-bond donors (Lipinski definition) is 0. The Labute approximate surface area is 176 Å². The van der Waals surface area contributed by atoms with Crippen LogP contribution in [0.4, 0.5) is 10.1 Å². The zero-order valence-corrected chi connectivity index (χ0v) is 17.3. The molecular formula is C25H25FN2O2. The van der Waals surface area contributed by atoms with E-state index in [-0.39, 0.29) is 24.0 Å². The molecule has 154 valence electrons. The summed E-state index contributed by atoms with van der Waals surface area (Å²) >= 11 is 0. The maximum absolute atomic E-state index is 15.0. The lowest BCUT2D eigenvalue weighted by Crippen LogP contribution is -2.27. The highest BCUT2D eigenvalue weighted by Crippen LogP contribution is 2.28. The SMILES string of the molecule is CCCCCC#CCOc1cccc(N(C)C(=O)c2ccc3ncccc3c2)c1F. The van der Waals surface area contributed by atoms with Crippen LogP contribution in [0, 0.1) is 17.7 Å². The van der Waals surface area contributed by atoms with E-state index >= 15 is 0 Å². The van der Waals surface area contributed by atoms with Gasteiger partial charge in [-0.25, -0.2) is 4.39 Å². The van der Waals surface area contributed by atoms with Gasteiger partial charge in [-0.05, 0) is 42.8 Å². The van der Waals surface area contributed by atoms with Crippen molar-refractivity contribution in [3.63, 3.8) is 0 Å². The Balaban J connectivity index is 1.71. The second kappa shape index (κ2) is 10.4. The van der Waals surface area contributed by atoms with Crippen molar-refractivity contribution in [2.75, 3.05) is 18.6 Å². The van der Waals surface area contributed by atoms with Crippen molar-refractivity contribution in [1.29, 1.82) is 0 Å². The molecule has 0 aliphatic carbocycles. The van der Waals surface area contributed by atoms with Gasteiger partial charge in [-0.2, -0.15) is 0 Å². The molecule has 0 radical (unpaired) electrons. The average molecular weight is 404 g/mol. The van der Waals surface area contributed by atoms with Crippen LogP contribution in [0.15, 0.2) is 54.7 Å². The number of rotatable bonds is 7. The van der Waals surface area contributed by atoms with Gasteiger partial charge in [-0.1, -0.05) is 43.7 Å². The first-order chi connectivity index (χ1) is 14.6. The van der Waals surface area contributed by atoms with Gasteiger partial charge in [0.1, 0.15) is 6.61 Å². The van der Waals surface area contributed by atoms with Crippen molar-refractivity contribution in [2.24, 2.45) is 0 Å². The fourth-order valence-corrected chi connectivity index (χ4v) is 3.10. The van der Waals surface area contributed by atoms with Gasteiger partial charge < -0.3 is 9.64 Å². The van der Waals surface area contributed by atoms with Gasteiger partial charge in [-0.3, -0.25) is 9.78 Å². The molecule has 4 nitrogen and oxygen atoms in total. The molecule has 0 bridgehead atoms. The monoisotopic (exact) mass is 404 g/mol. The summed E-state index contributed by atoms with van der Waals surface area (Å²) in [5.41, 5.74) is 1.41. The minimum Gasteiger partial charge on any atom is -0.478 e. The summed E-state index contributed by atoms with van der Waals surface area (Å²) < 4.78 is 20.4. The van der Waals surface area contributed by atoms with Crippen molar-refractivity contribution >= 4 is 22.5 Å². The zero-order valence-electron chi connectivity index (χ0n) is 17.3. The van der Waals surface area contributed by atoms with Crippen molar-refractivity contribution in [3.8, 4) is 17.6 Å². The van der Waals surface area contributed by atoms with Crippen LogP contribution in [0.3, 0.4) is 0 Å². The largest absolute Gasteiger partial charge is 0.478 e. The summed E-state index contributed by atoms with van der Waals surface area (Å²) in [6, 6.07) is 13.7. The van der Waals surface area contributed by atoms with E-state index in [9.17, 15) is 9.18 Å². The number of pyridine rings is 1. The molecule has 0 saturated heterocycles. The van der Waals surface area contributed by atoms with Gasteiger partial charge in [-0.15, -0.1) is 0 Å². The van der Waals surface area contributed by atoms with E-state index in [0.29, 0.717) is 5.56 Å². The van der Waals surface area contributed by atoms with Gasteiger partial charge in [0, 0.05) is 30.6 Å². The van der Waals surface area contributed by atoms with Crippen LogP contribution in [0.2, 0.25) is 0 Å². The summed E-state index contributed by atoms with van der Waals surface area (Å²) in [5.74, 6) is 5.13. The molecule has 0 aliphatic heterocycles. The normalized spacial score (nSPS) is 10.4. The van der Waals surface area contributed by atoms with E-state index in [1.807, 2.05) is 12.1 Å². The van der Waals surface area contributed by atoms with Gasteiger partial charge in [0.05, 0.1) is 11.2 Å². The Kier molecular flexibility index (Phi) is 7.40. The lowest BCUT2D eigenvalue weighted by molar-refractivity contribution is 0.0992. The minimum atomic E-state index is -0.580. The minimum absolute atomic E-state index is 0.0812. The molecule has 0 fully saturated rings. The van der Waals surface area contributed by atoms with E-state index in [1.54, 1.807) is 43.6 Å². The topological polar surface area (TPSA) is 42.4 Å². The Morgan fingerprint density at radius 2 is 2.00 bits per heavy atom. The van der Waals surface area contributed by atoms with Crippen LogP contribution in [0.25, 0.3) is 10.9 Å². The van der Waals surface area contributed by atoms with Gasteiger partial charge in [0.25, 0.3) is 5.91 Å². The first-order valence-corrected chi connectivity index (χ1v) is 10.1. The molecular weight excluding hydrogens is 379 g/mol. The maximum Gasteiger partial charge on any atom is 0.258 e. The zero-order chi connectivity index (χ0) is 21.3. The first kappa shape index (κ1) is 21.3.